The third-order valence-electron chi connectivity index (χ3n) is 5.92. The standard InChI is InChI=1S/C27H23FN4O3S/c1-16(33)30-21-15-19(10-11-23(21)34-2)32-26(25(31-27(32)36)20-5-3-4-14-29-20)24-13-12-22(35-24)17-6-8-18(28)9-7-17/h3-15,25-26H,1-2H3,(H,30,33)(H,31,36). The maximum Gasteiger partial charge on any atom is 0.221 e. The number of nitrogens with zero attached hydrogens (tertiary/aromatic N) is 2. The minimum Gasteiger partial charge on any atom is -0.495 e. The van der Waals surface area contributed by atoms with Gasteiger partial charge in [0.15, 0.2) is 5.11 Å². The van der Waals surface area contributed by atoms with E-state index in [4.69, 9.17) is 21.4 Å². The van der Waals surface area contributed by atoms with Gasteiger partial charge in [-0.3, -0.25) is 9.78 Å². The first-order chi connectivity index (χ1) is 17.4. The van der Waals surface area contributed by atoms with E-state index in [0.29, 0.717) is 28.1 Å². The summed E-state index contributed by atoms with van der Waals surface area (Å²) < 4.78 is 25.2. The van der Waals surface area contributed by atoms with Crippen molar-refractivity contribution in [3.05, 3.63) is 96.3 Å². The molecule has 1 aliphatic heterocycles. The molecule has 0 radical (unpaired) electrons. The molecule has 5 rings (SSSR count). The predicted octanol–water partition coefficient (Wildman–Crippen LogP) is 5.62. The van der Waals surface area contributed by atoms with Crippen molar-refractivity contribution in [1.29, 1.82) is 0 Å². The normalized spacial score (nSPS) is 17.1. The SMILES string of the molecule is COc1ccc(N2C(=S)NC(c3ccccn3)C2c2ccc(-c3ccc(F)cc3)o2)cc1NC(C)=O. The monoisotopic (exact) mass is 502 g/mol. The Morgan fingerprint density at radius 3 is 2.64 bits per heavy atom. The molecule has 0 spiro atoms. The number of methoxy groups -OCH3 is 1. The zero-order chi connectivity index (χ0) is 25.2. The molecular weight excluding hydrogens is 479 g/mol. The second-order valence-corrected chi connectivity index (χ2v) is 8.66. The molecule has 4 aromatic rings. The van der Waals surface area contributed by atoms with Crippen LogP contribution in [-0.2, 0) is 4.79 Å². The molecule has 9 heteroatoms. The highest BCUT2D eigenvalue weighted by atomic mass is 32.1. The van der Waals surface area contributed by atoms with Crippen LogP contribution in [0.2, 0.25) is 0 Å². The van der Waals surface area contributed by atoms with E-state index >= 15 is 0 Å². The van der Waals surface area contributed by atoms with Crippen LogP contribution in [0.25, 0.3) is 11.3 Å². The van der Waals surface area contributed by atoms with Gasteiger partial charge in [-0.1, -0.05) is 6.07 Å². The smallest absolute Gasteiger partial charge is 0.221 e. The first kappa shape index (κ1) is 23.5. The Bertz CT molecular complexity index is 1410. The molecule has 2 N–H and O–H groups in total. The second kappa shape index (κ2) is 9.79. The number of hydrogen-bond donors (Lipinski definition) is 2. The van der Waals surface area contributed by atoms with Crippen molar-refractivity contribution < 1.29 is 18.3 Å². The first-order valence-electron chi connectivity index (χ1n) is 11.3. The van der Waals surface area contributed by atoms with Crippen LogP contribution in [0.1, 0.15) is 30.5 Å². The van der Waals surface area contributed by atoms with Crippen LogP contribution in [0.4, 0.5) is 15.8 Å². The maximum absolute atomic E-state index is 13.4. The zero-order valence-electron chi connectivity index (χ0n) is 19.6. The van der Waals surface area contributed by atoms with E-state index in [9.17, 15) is 9.18 Å². The molecule has 36 heavy (non-hydrogen) atoms. The van der Waals surface area contributed by atoms with E-state index in [1.165, 1.54) is 19.1 Å². The minimum absolute atomic E-state index is 0.217. The van der Waals surface area contributed by atoms with Crippen LogP contribution < -0.4 is 20.3 Å². The number of hydrogen-bond acceptors (Lipinski definition) is 5. The highest BCUT2D eigenvalue weighted by Crippen LogP contribution is 2.44. The summed E-state index contributed by atoms with van der Waals surface area (Å²) in [5.41, 5.74) is 2.81. The summed E-state index contributed by atoms with van der Waals surface area (Å²) >= 11 is 5.77. The lowest BCUT2D eigenvalue weighted by Gasteiger charge is -2.27. The summed E-state index contributed by atoms with van der Waals surface area (Å²) in [5.74, 6) is 1.25. The van der Waals surface area contributed by atoms with E-state index in [-0.39, 0.29) is 23.8 Å². The van der Waals surface area contributed by atoms with Crippen LogP contribution in [0.15, 0.2) is 83.4 Å². The zero-order valence-corrected chi connectivity index (χ0v) is 20.4. The minimum atomic E-state index is -0.389. The molecule has 2 aromatic carbocycles. The van der Waals surface area contributed by atoms with Crippen molar-refractivity contribution in [3.8, 4) is 17.1 Å². The number of aromatic nitrogens is 1. The quantitative estimate of drug-likeness (QED) is 0.331. The average Bonchev–Trinajstić information content (AvgIpc) is 3.49. The number of ether oxygens (including phenoxy) is 1. The summed E-state index contributed by atoms with van der Waals surface area (Å²) in [6.45, 7) is 1.44. The van der Waals surface area contributed by atoms with Crippen LogP contribution in [-0.4, -0.2) is 23.1 Å². The Hall–Kier alpha value is -4.24. The lowest BCUT2D eigenvalue weighted by Crippen LogP contribution is -2.29. The van der Waals surface area contributed by atoms with Crippen LogP contribution in [0.3, 0.4) is 0 Å². The summed E-state index contributed by atoms with van der Waals surface area (Å²) in [5, 5.41) is 6.67. The lowest BCUT2D eigenvalue weighted by atomic mass is 10.0. The largest absolute Gasteiger partial charge is 0.495 e. The number of halogens is 1. The van der Waals surface area contributed by atoms with Crippen molar-refractivity contribution in [2.24, 2.45) is 0 Å². The van der Waals surface area contributed by atoms with Crippen molar-refractivity contribution >= 4 is 34.6 Å². The third-order valence-corrected chi connectivity index (χ3v) is 6.23. The number of furan rings is 1. The second-order valence-electron chi connectivity index (χ2n) is 8.27. The Balaban J connectivity index is 1.60. The number of nitrogens with one attached hydrogen (secondary N) is 2. The van der Waals surface area contributed by atoms with Crippen molar-refractivity contribution in [2.75, 3.05) is 17.3 Å². The Morgan fingerprint density at radius 1 is 1.14 bits per heavy atom. The van der Waals surface area contributed by atoms with Gasteiger partial charge in [0.2, 0.25) is 5.91 Å². The number of rotatable bonds is 6. The molecule has 3 heterocycles. The topological polar surface area (TPSA) is 79.6 Å². The van der Waals surface area contributed by atoms with Gasteiger partial charge < -0.3 is 24.7 Å². The lowest BCUT2D eigenvalue weighted by molar-refractivity contribution is -0.114. The molecule has 1 fully saturated rings. The van der Waals surface area contributed by atoms with Gasteiger partial charge in [-0.25, -0.2) is 4.39 Å². The molecule has 1 saturated heterocycles. The molecule has 0 bridgehead atoms. The molecule has 0 aliphatic carbocycles. The van der Waals surface area contributed by atoms with Gasteiger partial charge in [-0.2, -0.15) is 0 Å². The number of anilines is 2. The van der Waals surface area contributed by atoms with Crippen molar-refractivity contribution in [1.82, 2.24) is 10.3 Å². The molecule has 182 valence electrons. The first-order valence-corrected chi connectivity index (χ1v) is 11.7. The summed E-state index contributed by atoms with van der Waals surface area (Å²) in [6, 6.07) is 20.3. The van der Waals surface area contributed by atoms with Gasteiger partial charge in [0.05, 0.1) is 24.5 Å². The molecule has 7 nitrogen and oxygen atoms in total. The fraction of sp³-hybridized carbons (Fsp3) is 0.148. The maximum atomic E-state index is 13.4. The molecule has 2 unspecified atom stereocenters. The molecule has 1 amide bonds. The van der Waals surface area contributed by atoms with E-state index in [2.05, 4.69) is 15.6 Å². The fourth-order valence-corrected chi connectivity index (χ4v) is 4.68. The third kappa shape index (κ3) is 4.52. The van der Waals surface area contributed by atoms with Gasteiger partial charge in [0.25, 0.3) is 0 Å². The number of carbonyl (C=O) groups excluding carboxylic acids is 1. The number of amides is 1. The fourth-order valence-electron chi connectivity index (χ4n) is 4.34. The molecule has 1 aliphatic rings. The molecule has 0 saturated carbocycles. The van der Waals surface area contributed by atoms with Gasteiger partial charge in [0, 0.05) is 24.4 Å². The Morgan fingerprint density at radius 2 is 1.94 bits per heavy atom. The van der Waals surface area contributed by atoms with Gasteiger partial charge >= 0.3 is 0 Å². The average molecular weight is 503 g/mol. The predicted molar refractivity (Wildman–Crippen MR) is 139 cm³/mol. The summed E-state index contributed by atoms with van der Waals surface area (Å²) in [4.78, 5) is 18.3. The highest BCUT2D eigenvalue weighted by molar-refractivity contribution is 7.80. The highest BCUT2D eigenvalue weighted by Gasteiger charge is 2.42. The van der Waals surface area contributed by atoms with Crippen molar-refractivity contribution in [2.45, 2.75) is 19.0 Å². The van der Waals surface area contributed by atoms with E-state index < -0.39 is 0 Å². The number of benzene rings is 2. The van der Waals surface area contributed by atoms with Crippen LogP contribution in [0, 0.1) is 5.82 Å². The number of thiocarbonyl (C=S) groups is 1. The van der Waals surface area contributed by atoms with Crippen molar-refractivity contribution in [3.63, 3.8) is 0 Å². The molecular formula is C27H23FN4O3S. The van der Waals surface area contributed by atoms with Gasteiger partial charge in [-0.15, -0.1) is 0 Å². The number of pyridine rings is 1. The van der Waals surface area contributed by atoms with Crippen LogP contribution in [0.5, 0.6) is 5.75 Å². The van der Waals surface area contributed by atoms with Crippen LogP contribution >= 0.6 is 12.2 Å². The number of carbonyl (C=O) groups is 1. The van der Waals surface area contributed by atoms with E-state index in [0.717, 1.165) is 16.9 Å². The summed E-state index contributed by atoms with van der Waals surface area (Å²) in [6.07, 6.45) is 1.73. The Labute approximate surface area is 212 Å². The van der Waals surface area contributed by atoms with Gasteiger partial charge in [0.1, 0.15) is 29.1 Å². The van der Waals surface area contributed by atoms with E-state index in [1.54, 1.807) is 31.5 Å². The van der Waals surface area contributed by atoms with E-state index in [1.807, 2.05) is 47.4 Å². The van der Waals surface area contributed by atoms with Gasteiger partial charge in [-0.05, 0) is 78.9 Å². The molecule has 2 aromatic heterocycles. The Kier molecular flexibility index (Phi) is 6.39. The summed E-state index contributed by atoms with van der Waals surface area (Å²) in [7, 11) is 1.54. The molecule has 2 atom stereocenters.